The third-order valence-corrected chi connectivity index (χ3v) is 1.70. The molecule has 1 N–H and O–H groups in total. The molecule has 2 heteroatoms. The minimum atomic E-state index is 0.266. The summed E-state index contributed by atoms with van der Waals surface area (Å²) in [6, 6.07) is 0.319. The molecule has 0 radical (unpaired) electrons. The number of hydrogen-bond acceptors (Lipinski definition) is 2. The second-order valence-corrected chi connectivity index (χ2v) is 2.25. The van der Waals surface area contributed by atoms with Crippen LogP contribution >= 0.6 is 0 Å². The number of hydrogen-bond donors (Lipinski definition) is 1. The fraction of sp³-hybridized carbons (Fsp3) is 1.00. The van der Waals surface area contributed by atoms with E-state index in [0.717, 1.165) is 13.1 Å². The zero-order chi connectivity index (χ0) is 7.28. The van der Waals surface area contributed by atoms with Crippen molar-refractivity contribution >= 4 is 0 Å². The average Bonchev–Trinajstić information content (AvgIpc) is 1.90. The van der Waals surface area contributed by atoms with Crippen molar-refractivity contribution in [3.63, 3.8) is 0 Å². The number of likely N-dealkylation sites (N-methyl/N-ethyl adjacent to an activating group) is 1. The van der Waals surface area contributed by atoms with Crippen LogP contribution in [0, 0.1) is 0 Å². The molecule has 0 saturated heterocycles. The van der Waals surface area contributed by atoms with E-state index < -0.39 is 0 Å². The van der Waals surface area contributed by atoms with E-state index in [-0.39, 0.29) is 6.61 Å². The van der Waals surface area contributed by atoms with Crippen molar-refractivity contribution in [1.82, 2.24) is 4.90 Å². The average molecular weight is 131 g/mol. The van der Waals surface area contributed by atoms with E-state index in [1.54, 1.807) is 0 Å². The summed E-state index contributed by atoms with van der Waals surface area (Å²) >= 11 is 0. The monoisotopic (exact) mass is 131 g/mol. The van der Waals surface area contributed by atoms with E-state index in [4.69, 9.17) is 5.11 Å². The molecule has 0 aliphatic heterocycles. The Morgan fingerprint density at radius 3 is 1.89 bits per heavy atom. The molecule has 0 aliphatic rings. The van der Waals surface area contributed by atoms with Crippen LogP contribution in [-0.4, -0.2) is 35.7 Å². The van der Waals surface area contributed by atoms with E-state index in [1.165, 1.54) is 0 Å². The summed E-state index contributed by atoms with van der Waals surface area (Å²) in [5.74, 6) is 0. The van der Waals surface area contributed by atoms with Crippen LogP contribution in [0.1, 0.15) is 20.8 Å². The standard InChI is InChI=1S/C7H17NO/c1-4-8(5-2)7(3)6-9/h7,9H,4-6H2,1-3H3/t7-/m0/s1. The van der Waals surface area contributed by atoms with Crippen molar-refractivity contribution in [2.75, 3.05) is 19.7 Å². The van der Waals surface area contributed by atoms with Crippen molar-refractivity contribution in [2.24, 2.45) is 0 Å². The molecule has 0 spiro atoms. The van der Waals surface area contributed by atoms with Crippen LogP contribution in [0.25, 0.3) is 0 Å². The van der Waals surface area contributed by atoms with Crippen LogP contribution < -0.4 is 0 Å². The molecule has 0 unspecified atom stereocenters. The van der Waals surface area contributed by atoms with Crippen LogP contribution in [0.4, 0.5) is 0 Å². The third kappa shape index (κ3) is 2.82. The van der Waals surface area contributed by atoms with E-state index in [2.05, 4.69) is 18.7 Å². The number of nitrogens with zero attached hydrogens (tertiary/aromatic N) is 1. The molecular formula is C7H17NO. The summed E-state index contributed by atoms with van der Waals surface area (Å²) in [5, 5.41) is 8.73. The van der Waals surface area contributed by atoms with E-state index in [0.29, 0.717) is 6.04 Å². The molecule has 0 aliphatic carbocycles. The molecule has 0 aromatic carbocycles. The third-order valence-electron chi connectivity index (χ3n) is 1.70. The van der Waals surface area contributed by atoms with Crippen molar-refractivity contribution < 1.29 is 5.11 Å². The topological polar surface area (TPSA) is 23.5 Å². The lowest BCUT2D eigenvalue weighted by Gasteiger charge is -2.23. The molecule has 2 nitrogen and oxygen atoms in total. The molecule has 0 rings (SSSR count). The Morgan fingerprint density at radius 1 is 1.33 bits per heavy atom. The first-order chi connectivity index (χ1) is 4.26. The molecule has 0 fully saturated rings. The lowest BCUT2D eigenvalue weighted by Crippen LogP contribution is -2.35. The summed E-state index contributed by atoms with van der Waals surface area (Å²) in [6.07, 6.45) is 0. The Labute approximate surface area is 57.5 Å². The van der Waals surface area contributed by atoms with Gasteiger partial charge in [-0.1, -0.05) is 13.8 Å². The number of aliphatic hydroxyl groups excluding tert-OH is 1. The van der Waals surface area contributed by atoms with Gasteiger partial charge in [-0.05, 0) is 20.0 Å². The predicted molar refractivity (Wildman–Crippen MR) is 39.5 cm³/mol. The first-order valence-corrected chi connectivity index (χ1v) is 3.61. The Morgan fingerprint density at radius 2 is 1.78 bits per heavy atom. The largest absolute Gasteiger partial charge is 0.395 e. The second-order valence-electron chi connectivity index (χ2n) is 2.25. The van der Waals surface area contributed by atoms with Crippen LogP contribution in [0.2, 0.25) is 0 Å². The summed E-state index contributed by atoms with van der Waals surface area (Å²) in [4.78, 5) is 2.22. The van der Waals surface area contributed by atoms with Crippen LogP contribution in [0.15, 0.2) is 0 Å². The highest BCUT2D eigenvalue weighted by Gasteiger charge is 2.06. The van der Waals surface area contributed by atoms with Gasteiger partial charge in [0.15, 0.2) is 0 Å². The SMILES string of the molecule is CCN(CC)[C@@H](C)CO. The molecule has 9 heavy (non-hydrogen) atoms. The van der Waals surface area contributed by atoms with Crippen molar-refractivity contribution in [1.29, 1.82) is 0 Å². The molecule has 0 aromatic rings. The fourth-order valence-corrected chi connectivity index (χ4v) is 0.962. The first kappa shape index (κ1) is 8.92. The fourth-order valence-electron chi connectivity index (χ4n) is 0.962. The van der Waals surface area contributed by atoms with Gasteiger partial charge in [0.1, 0.15) is 0 Å². The van der Waals surface area contributed by atoms with Gasteiger partial charge in [-0.25, -0.2) is 0 Å². The van der Waals surface area contributed by atoms with Crippen LogP contribution in [-0.2, 0) is 0 Å². The summed E-state index contributed by atoms with van der Waals surface area (Å²) < 4.78 is 0. The molecule has 0 amide bonds. The minimum absolute atomic E-state index is 0.266. The zero-order valence-corrected chi connectivity index (χ0v) is 6.59. The highest BCUT2D eigenvalue weighted by Crippen LogP contribution is 1.95. The number of rotatable bonds is 4. The normalized spacial score (nSPS) is 14.3. The summed E-state index contributed by atoms with van der Waals surface area (Å²) in [5.41, 5.74) is 0. The minimum Gasteiger partial charge on any atom is -0.395 e. The van der Waals surface area contributed by atoms with Gasteiger partial charge in [0.25, 0.3) is 0 Å². The first-order valence-electron chi connectivity index (χ1n) is 3.61. The zero-order valence-electron chi connectivity index (χ0n) is 6.59. The maximum atomic E-state index is 8.73. The van der Waals surface area contributed by atoms with Gasteiger partial charge in [0.2, 0.25) is 0 Å². The molecule has 0 bridgehead atoms. The van der Waals surface area contributed by atoms with Gasteiger partial charge >= 0.3 is 0 Å². The Hall–Kier alpha value is -0.0800. The van der Waals surface area contributed by atoms with Gasteiger partial charge in [0, 0.05) is 6.04 Å². The van der Waals surface area contributed by atoms with E-state index >= 15 is 0 Å². The molecule has 1 atom stereocenters. The Bertz CT molecular complexity index is 61.9. The maximum Gasteiger partial charge on any atom is 0.0584 e. The molecule has 0 aromatic heterocycles. The van der Waals surface area contributed by atoms with Crippen molar-refractivity contribution in [3.8, 4) is 0 Å². The summed E-state index contributed by atoms with van der Waals surface area (Å²) in [7, 11) is 0. The Kier molecular flexibility index (Phi) is 4.72. The van der Waals surface area contributed by atoms with Gasteiger partial charge in [-0.2, -0.15) is 0 Å². The lowest BCUT2D eigenvalue weighted by molar-refractivity contribution is 0.145. The van der Waals surface area contributed by atoms with Gasteiger partial charge in [-0.15, -0.1) is 0 Å². The van der Waals surface area contributed by atoms with Crippen molar-refractivity contribution in [2.45, 2.75) is 26.8 Å². The molecule has 56 valence electrons. The highest BCUT2D eigenvalue weighted by atomic mass is 16.3. The second kappa shape index (κ2) is 4.77. The molecular weight excluding hydrogens is 114 g/mol. The predicted octanol–water partition coefficient (Wildman–Crippen LogP) is 0.709. The molecule has 0 saturated carbocycles. The van der Waals surface area contributed by atoms with Gasteiger partial charge in [0.05, 0.1) is 6.61 Å². The van der Waals surface area contributed by atoms with E-state index in [9.17, 15) is 0 Å². The molecule has 0 heterocycles. The quantitative estimate of drug-likeness (QED) is 0.607. The highest BCUT2D eigenvalue weighted by molar-refractivity contribution is 4.61. The van der Waals surface area contributed by atoms with Crippen LogP contribution in [0.3, 0.4) is 0 Å². The van der Waals surface area contributed by atoms with Crippen molar-refractivity contribution in [3.05, 3.63) is 0 Å². The lowest BCUT2D eigenvalue weighted by atomic mass is 10.3. The van der Waals surface area contributed by atoms with Crippen LogP contribution in [0.5, 0.6) is 0 Å². The maximum absolute atomic E-state index is 8.73. The van der Waals surface area contributed by atoms with Gasteiger partial charge < -0.3 is 5.11 Å². The smallest absolute Gasteiger partial charge is 0.0584 e. The Balaban J connectivity index is 3.50. The van der Waals surface area contributed by atoms with Gasteiger partial charge in [-0.3, -0.25) is 4.90 Å². The van der Waals surface area contributed by atoms with E-state index in [1.807, 2.05) is 6.92 Å². The number of aliphatic hydroxyl groups is 1. The summed E-state index contributed by atoms with van der Waals surface area (Å²) in [6.45, 7) is 8.57.